The van der Waals surface area contributed by atoms with Crippen LogP contribution in [0.25, 0.3) is 0 Å². The van der Waals surface area contributed by atoms with Gasteiger partial charge >= 0.3 is 0 Å². The van der Waals surface area contributed by atoms with Gasteiger partial charge in [-0.1, -0.05) is 6.42 Å². The van der Waals surface area contributed by atoms with Crippen LogP contribution in [0, 0.1) is 18.8 Å². The molecule has 0 unspecified atom stereocenters. The van der Waals surface area contributed by atoms with Gasteiger partial charge in [-0.05, 0) is 38.0 Å². The van der Waals surface area contributed by atoms with Crippen LogP contribution in [-0.4, -0.2) is 9.78 Å². The van der Waals surface area contributed by atoms with Gasteiger partial charge in [0.05, 0.1) is 11.7 Å². The number of hydrogen-bond acceptors (Lipinski definition) is 2. The summed E-state index contributed by atoms with van der Waals surface area (Å²) in [5.74, 6) is 2.65. The van der Waals surface area contributed by atoms with E-state index in [0.29, 0.717) is 6.04 Å². The number of anilines is 1. The minimum absolute atomic E-state index is 0.599. The molecule has 1 aromatic rings. The summed E-state index contributed by atoms with van der Waals surface area (Å²) in [4.78, 5) is 0. The van der Waals surface area contributed by atoms with E-state index in [1.54, 1.807) is 0 Å². The van der Waals surface area contributed by atoms with Crippen LogP contribution in [0.1, 0.15) is 37.4 Å². The third kappa shape index (κ3) is 1.08. The molecule has 0 spiro atoms. The predicted molar refractivity (Wildman–Crippen MR) is 55.9 cm³/mol. The van der Waals surface area contributed by atoms with Gasteiger partial charge in [-0.2, -0.15) is 5.10 Å². The number of rotatable bonds is 1. The quantitative estimate of drug-likeness (QED) is 0.739. The van der Waals surface area contributed by atoms with Crippen molar-refractivity contribution in [3.05, 3.63) is 11.8 Å². The Morgan fingerprint density at radius 1 is 1.43 bits per heavy atom. The molecule has 2 aliphatic carbocycles. The zero-order chi connectivity index (χ0) is 9.71. The molecule has 0 amide bonds. The molecule has 3 heteroatoms. The fourth-order valence-corrected chi connectivity index (χ4v) is 3.31. The highest BCUT2D eigenvalue weighted by Crippen LogP contribution is 2.50. The summed E-state index contributed by atoms with van der Waals surface area (Å²) in [6, 6.07) is 2.58. The summed E-state index contributed by atoms with van der Waals surface area (Å²) in [7, 11) is 0. The van der Waals surface area contributed by atoms with Crippen molar-refractivity contribution < 1.29 is 0 Å². The Balaban J connectivity index is 1.92. The van der Waals surface area contributed by atoms with Gasteiger partial charge in [0.2, 0.25) is 0 Å². The molecule has 1 heterocycles. The highest BCUT2D eigenvalue weighted by Gasteiger charge is 2.41. The Labute approximate surface area is 84.3 Å². The van der Waals surface area contributed by atoms with Crippen LogP contribution in [0.4, 0.5) is 5.82 Å². The van der Waals surface area contributed by atoms with E-state index in [1.807, 2.05) is 13.0 Å². The molecule has 3 rings (SSSR count). The summed E-state index contributed by atoms with van der Waals surface area (Å²) in [6.07, 6.45) is 5.52. The molecule has 2 N–H and O–H groups in total. The lowest BCUT2D eigenvalue weighted by molar-refractivity contribution is 0.309. The van der Waals surface area contributed by atoms with Gasteiger partial charge in [-0.15, -0.1) is 0 Å². The smallest absolute Gasteiger partial charge is 0.122 e. The lowest BCUT2D eigenvalue weighted by Crippen LogP contribution is -2.19. The van der Waals surface area contributed by atoms with Crippen molar-refractivity contribution in [2.24, 2.45) is 11.8 Å². The van der Waals surface area contributed by atoms with E-state index in [9.17, 15) is 0 Å². The molecule has 3 nitrogen and oxygen atoms in total. The molecule has 76 valence electrons. The number of nitrogen functional groups attached to an aromatic ring is 1. The third-order valence-electron chi connectivity index (χ3n) is 3.90. The van der Waals surface area contributed by atoms with Crippen LogP contribution >= 0.6 is 0 Å². The first-order chi connectivity index (χ1) is 6.74. The molecule has 2 fully saturated rings. The van der Waals surface area contributed by atoms with Gasteiger partial charge in [0, 0.05) is 6.07 Å². The van der Waals surface area contributed by atoms with E-state index >= 15 is 0 Å². The molecular formula is C11H17N3. The molecule has 2 saturated carbocycles. The van der Waals surface area contributed by atoms with E-state index in [4.69, 9.17) is 5.73 Å². The molecule has 3 atom stereocenters. The van der Waals surface area contributed by atoms with Crippen LogP contribution in [0.3, 0.4) is 0 Å². The molecule has 2 bridgehead atoms. The fourth-order valence-electron chi connectivity index (χ4n) is 3.31. The second kappa shape index (κ2) is 2.75. The first-order valence-electron chi connectivity index (χ1n) is 5.55. The van der Waals surface area contributed by atoms with Crippen LogP contribution in [0.15, 0.2) is 6.07 Å². The molecular weight excluding hydrogens is 174 g/mol. The maximum Gasteiger partial charge on any atom is 0.122 e. The number of aromatic nitrogens is 2. The van der Waals surface area contributed by atoms with E-state index in [0.717, 1.165) is 23.3 Å². The van der Waals surface area contributed by atoms with Crippen molar-refractivity contribution in [3.8, 4) is 0 Å². The zero-order valence-corrected chi connectivity index (χ0v) is 8.61. The number of fused-ring (bicyclic) bond motifs is 2. The van der Waals surface area contributed by atoms with Gasteiger partial charge in [-0.25, -0.2) is 4.68 Å². The number of hydrogen-bond donors (Lipinski definition) is 1. The number of aryl methyl sites for hydroxylation is 1. The third-order valence-corrected chi connectivity index (χ3v) is 3.90. The second-order valence-corrected chi connectivity index (χ2v) is 4.90. The first-order valence-corrected chi connectivity index (χ1v) is 5.55. The van der Waals surface area contributed by atoms with Crippen molar-refractivity contribution in [2.75, 3.05) is 5.73 Å². The minimum atomic E-state index is 0.599. The molecule has 0 saturated heterocycles. The van der Waals surface area contributed by atoms with Crippen molar-refractivity contribution >= 4 is 5.82 Å². The molecule has 1 aromatic heterocycles. The Bertz CT molecular complexity index is 355. The summed E-state index contributed by atoms with van der Waals surface area (Å²) in [6.45, 7) is 2.01. The molecule has 0 aromatic carbocycles. The summed E-state index contributed by atoms with van der Waals surface area (Å²) in [5.41, 5.74) is 7.00. The Morgan fingerprint density at radius 2 is 2.29 bits per heavy atom. The van der Waals surface area contributed by atoms with Crippen LogP contribution in [0.5, 0.6) is 0 Å². The molecule has 0 aliphatic heterocycles. The monoisotopic (exact) mass is 191 g/mol. The zero-order valence-electron chi connectivity index (χ0n) is 8.61. The van der Waals surface area contributed by atoms with Crippen molar-refractivity contribution in [2.45, 2.75) is 38.6 Å². The van der Waals surface area contributed by atoms with E-state index in [-0.39, 0.29) is 0 Å². The van der Waals surface area contributed by atoms with E-state index in [2.05, 4.69) is 9.78 Å². The van der Waals surface area contributed by atoms with E-state index < -0.39 is 0 Å². The second-order valence-electron chi connectivity index (χ2n) is 4.90. The fraction of sp³-hybridized carbons (Fsp3) is 0.727. The lowest BCUT2D eigenvalue weighted by Gasteiger charge is -2.22. The Hall–Kier alpha value is -0.990. The predicted octanol–water partition coefficient (Wildman–Crippen LogP) is 2.13. The highest BCUT2D eigenvalue weighted by atomic mass is 15.3. The Kier molecular flexibility index (Phi) is 1.64. The standard InChI is InChI=1S/C11H17N3/c1-7-4-11(12)14(13-7)10-6-8-2-3-9(10)5-8/h4,8-10H,2-3,5-6,12H2,1H3/t8-,9-,10-/m0/s1. The van der Waals surface area contributed by atoms with Crippen LogP contribution in [-0.2, 0) is 0 Å². The SMILES string of the molecule is Cc1cc(N)n([C@H]2C[C@H]3CC[C@H]2C3)n1. The maximum absolute atomic E-state index is 5.95. The maximum atomic E-state index is 5.95. The summed E-state index contributed by atoms with van der Waals surface area (Å²) < 4.78 is 2.07. The average Bonchev–Trinajstić information content (AvgIpc) is 2.79. The van der Waals surface area contributed by atoms with Gasteiger partial charge in [0.1, 0.15) is 5.82 Å². The number of nitrogens with zero attached hydrogens (tertiary/aromatic N) is 2. The van der Waals surface area contributed by atoms with Crippen LogP contribution < -0.4 is 5.73 Å². The minimum Gasteiger partial charge on any atom is -0.384 e. The largest absolute Gasteiger partial charge is 0.384 e. The average molecular weight is 191 g/mol. The normalized spacial score (nSPS) is 35.4. The molecule has 2 aliphatic rings. The van der Waals surface area contributed by atoms with Gasteiger partial charge < -0.3 is 5.73 Å². The van der Waals surface area contributed by atoms with Crippen LogP contribution in [0.2, 0.25) is 0 Å². The van der Waals surface area contributed by atoms with Crippen molar-refractivity contribution in [3.63, 3.8) is 0 Å². The molecule has 0 radical (unpaired) electrons. The van der Waals surface area contributed by atoms with E-state index in [1.165, 1.54) is 25.7 Å². The summed E-state index contributed by atoms with van der Waals surface area (Å²) >= 11 is 0. The van der Waals surface area contributed by atoms with Gasteiger partial charge in [0.15, 0.2) is 0 Å². The van der Waals surface area contributed by atoms with Gasteiger partial charge in [-0.3, -0.25) is 0 Å². The topological polar surface area (TPSA) is 43.8 Å². The number of nitrogens with two attached hydrogens (primary N) is 1. The van der Waals surface area contributed by atoms with Gasteiger partial charge in [0.25, 0.3) is 0 Å². The van der Waals surface area contributed by atoms with Crippen molar-refractivity contribution in [1.82, 2.24) is 9.78 Å². The summed E-state index contributed by atoms with van der Waals surface area (Å²) in [5, 5.41) is 4.50. The molecule has 14 heavy (non-hydrogen) atoms. The lowest BCUT2D eigenvalue weighted by atomic mass is 9.95. The Morgan fingerprint density at radius 3 is 2.79 bits per heavy atom. The van der Waals surface area contributed by atoms with Crippen molar-refractivity contribution in [1.29, 1.82) is 0 Å². The highest BCUT2D eigenvalue weighted by molar-refractivity contribution is 5.31. The first kappa shape index (κ1) is 8.33.